The number of rotatable bonds is 4. The van der Waals surface area contributed by atoms with Gasteiger partial charge in [0.15, 0.2) is 11.6 Å². The molecule has 2 heterocycles. The number of carbonyl (C=O) groups excluding carboxylic acids is 2. The van der Waals surface area contributed by atoms with E-state index in [0.29, 0.717) is 22.5 Å². The topological polar surface area (TPSA) is 49.7 Å². The minimum Gasteiger partial charge on any atom is -0.291 e. The van der Waals surface area contributed by atoms with Crippen molar-refractivity contribution in [1.29, 1.82) is 0 Å². The fourth-order valence-corrected chi connectivity index (χ4v) is 5.85. The van der Waals surface area contributed by atoms with Crippen molar-refractivity contribution >= 4 is 40.4 Å². The molecule has 1 spiro atoms. The van der Waals surface area contributed by atoms with Crippen molar-refractivity contribution in [1.82, 2.24) is 0 Å². The monoisotopic (exact) mass is 460 g/mol. The molecule has 4 aromatic rings. The SMILES string of the molecule is O=C1c2ccccc2C(=O)C12C(c1cccs1)C(/C=C\c1ccccc1)=NN2c1ccccc1. The molecule has 1 atom stereocenters. The molecule has 0 amide bonds. The smallest absolute Gasteiger partial charge is 0.201 e. The summed E-state index contributed by atoms with van der Waals surface area (Å²) in [5.41, 5.74) is 1.84. The summed E-state index contributed by atoms with van der Waals surface area (Å²) in [6.07, 6.45) is 3.92. The lowest BCUT2D eigenvalue weighted by Gasteiger charge is -2.35. The Hall–Kier alpha value is -4.09. The Morgan fingerprint density at radius 2 is 1.35 bits per heavy atom. The van der Waals surface area contributed by atoms with E-state index in [1.54, 1.807) is 28.5 Å². The van der Waals surface area contributed by atoms with Gasteiger partial charge in [-0.2, -0.15) is 5.10 Å². The van der Waals surface area contributed by atoms with E-state index in [0.717, 1.165) is 10.4 Å². The predicted molar refractivity (Wildman–Crippen MR) is 137 cm³/mol. The molecule has 3 aromatic carbocycles. The molecule has 0 fully saturated rings. The molecule has 5 heteroatoms. The van der Waals surface area contributed by atoms with Crippen LogP contribution in [-0.4, -0.2) is 22.8 Å². The van der Waals surface area contributed by atoms with Crippen molar-refractivity contribution in [3.05, 3.63) is 130 Å². The number of hydrogen-bond acceptors (Lipinski definition) is 5. The maximum atomic E-state index is 14.2. The highest BCUT2D eigenvalue weighted by atomic mass is 32.1. The number of fused-ring (bicyclic) bond motifs is 1. The number of allylic oxidation sites excluding steroid dienone is 1. The van der Waals surface area contributed by atoms with Crippen LogP contribution in [0.15, 0.2) is 114 Å². The normalized spacial score (nSPS) is 18.6. The summed E-state index contributed by atoms with van der Waals surface area (Å²) >= 11 is 1.54. The number of ketones is 2. The molecule has 164 valence electrons. The first kappa shape index (κ1) is 20.5. The van der Waals surface area contributed by atoms with E-state index in [2.05, 4.69) is 0 Å². The summed E-state index contributed by atoms with van der Waals surface area (Å²) in [4.78, 5) is 29.3. The van der Waals surface area contributed by atoms with Crippen LogP contribution < -0.4 is 5.01 Å². The van der Waals surface area contributed by atoms with Crippen molar-refractivity contribution in [2.75, 3.05) is 5.01 Å². The zero-order chi connectivity index (χ0) is 23.1. The molecule has 0 bridgehead atoms. The maximum Gasteiger partial charge on any atom is 0.201 e. The van der Waals surface area contributed by atoms with Gasteiger partial charge in [0.1, 0.15) is 0 Å². The van der Waals surface area contributed by atoms with Gasteiger partial charge in [-0.15, -0.1) is 11.3 Å². The number of thiophene rings is 1. The fraction of sp³-hybridized carbons (Fsp3) is 0.0690. The summed E-state index contributed by atoms with van der Waals surface area (Å²) in [6, 6.07) is 30.5. The van der Waals surface area contributed by atoms with Crippen LogP contribution in [0.5, 0.6) is 0 Å². The van der Waals surface area contributed by atoms with Crippen molar-refractivity contribution in [2.45, 2.75) is 11.5 Å². The third-order valence-electron chi connectivity index (χ3n) is 6.45. The quantitative estimate of drug-likeness (QED) is 0.339. The second kappa shape index (κ2) is 8.04. The van der Waals surface area contributed by atoms with Gasteiger partial charge in [-0.1, -0.05) is 84.9 Å². The zero-order valence-electron chi connectivity index (χ0n) is 18.2. The number of hydrogen-bond donors (Lipinski definition) is 0. The molecule has 34 heavy (non-hydrogen) atoms. The summed E-state index contributed by atoms with van der Waals surface area (Å²) in [5.74, 6) is -0.940. The van der Waals surface area contributed by atoms with Gasteiger partial charge in [0.2, 0.25) is 5.54 Å². The van der Waals surface area contributed by atoms with Crippen LogP contribution in [0.1, 0.15) is 37.1 Å². The van der Waals surface area contributed by atoms with Crippen LogP contribution in [0.2, 0.25) is 0 Å². The molecule has 1 aliphatic heterocycles. The minimum absolute atomic E-state index is 0.206. The van der Waals surface area contributed by atoms with Gasteiger partial charge in [0.05, 0.1) is 17.3 Å². The summed E-state index contributed by atoms with van der Waals surface area (Å²) < 4.78 is 0. The Labute approximate surface area is 201 Å². The number of anilines is 1. The Morgan fingerprint density at radius 1 is 0.735 bits per heavy atom. The minimum atomic E-state index is -1.49. The summed E-state index contributed by atoms with van der Waals surface area (Å²) in [6.45, 7) is 0. The maximum absolute atomic E-state index is 14.2. The molecule has 2 aliphatic rings. The van der Waals surface area contributed by atoms with Gasteiger partial charge < -0.3 is 0 Å². The zero-order valence-corrected chi connectivity index (χ0v) is 19.0. The predicted octanol–water partition coefficient (Wildman–Crippen LogP) is 6.24. The first-order chi connectivity index (χ1) is 16.7. The van der Waals surface area contributed by atoms with Gasteiger partial charge in [0.25, 0.3) is 0 Å². The van der Waals surface area contributed by atoms with Gasteiger partial charge in [-0.05, 0) is 35.2 Å². The van der Waals surface area contributed by atoms with Crippen molar-refractivity contribution in [2.24, 2.45) is 5.10 Å². The van der Waals surface area contributed by atoms with Gasteiger partial charge in [-0.3, -0.25) is 9.59 Å². The van der Waals surface area contributed by atoms with E-state index in [9.17, 15) is 9.59 Å². The third-order valence-corrected chi connectivity index (χ3v) is 7.38. The second-order valence-electron chi connectivity index (χ2n) is 8.33. The molecule has 0 N–H and O–H groups in total. The van der Waals surface area contributed by atoms with Crippen LogP contribution in [0.25, 0.3) is 6.08 Å². The first-order valence-corrected chi connectivity index (χ1v) is 12.0. The number of Topliss-reactive ketones (excluding diaryl/α,β-unsaturated/α-hetero) is 2. The van der Waals surface area contributed by atoms with E-state index >= 15 is 0 Å². The molecule has 1 unspecified atom stereocenters. The Balaban J connectivity index is 1.59. The highest BCUT2D eigenvalue weighted by Crippen LogP contribution is 2.51. The van der Waals surface area contributed by atoms with Gasteiger partial charge in [-0.25, -0.2) is 5.01 Å². The molecule has 0 saturated carbocycles. The molecule has 1 aliphatic carbocycles. The molecular formula is C29H20N2O2S. The largest absolute Gasteiger partial charge is 0.291 e. The second-order valence-corrected chi connectivity index (χ2v) is 9.31. The summed E-state index contributed by atoms with van der Waals surface area (Å²) in [5, 5.41) is 8.59. The van der Waals surface area contributed by atoms with Gasteiger partial charge in [0, 0.05) is 16.0 Å². The van der Waals surface area contributed by atoms with Crippen LogP contribution in [-0.2, 0) is 0 Å². The Kier molecular flexibility index (Phi) is 4.85. The number of hydrazone groups is 1. The van der Waals surface area contributed by atoms with Crippen molar-refractivity contribution in [3.8, 4) is 0 Å². The average Bonchev–Trinajstić information content (AvgIpc) is 3.58. The molecule has 4 nitrogen and oxygen atoms in total. The van der Waals surface area contributed by atoms with Crippen LogP contribution >= 0.6 is 11.3 Å². The average molecular weight is 461 g/mol. The molecule has 0 saturated heterocycles. The van der Waals surface area contributed by atoms with Crippen molar-refractivity contribution < 1.29 is 9.59 Å². The highest BCUT2D eigenvalue weighted by Gasteiger charge is 2.66. The van der Waals surface area contributed by atoms with Crippen LogP contribution in [0.4, 0.5) is 5.69 Å². The number of para-hydroxylation sites is 1. The van der Waals surface area contributed by atoms with E-state index in [1.165, 1.54) is 0 Å². The van der Waals surface area contributed by atoms with E-state index < -0.39 is 11.5 Å². The standard InChI is InChI=1S/C29H20N2O2S/c32-27-22-14-7-8-15-23(22)28(33)29(27)26(25-16-9-19-34-25)24(18-17-20-10-3-1-4-11-20)30-31(29)21-12-5-2-6-13-21/h1-19,26H/b18-17-. The molecular weight excluding hydrogens is 440 g/mol. The lowest BCUT2D eigenvalue weighted by molar-refractivity contribution is 0.0792. The molecule has 6 rings (SSSR count). The van der Waals surface area contributed by atoms with E-state index in [-0.39, 0.29) is 11.6 Å². The highest BCUT2D eigenvalue weighted by molar-refractivity contribution is 7.10. The first-order valence-electron chi connectivity index (χ1n) is 11.1. The number of benzene rings is 3. The van der Waals surface area contributed by atoms with Crippen molar-refractivity contribution in [3.63, 3.8) is 0 Å². The lowest BCUT2D eigenvalue weighted by Crippen LogP contribution is -2.56. The van der Waals surface area contributed by atoms with E-state index in [1.807, 2.05) is 102 Å². The molecule has 1 aromatic heterocycles. The number of nitrogens with zero attached hydrogens (tertiary/aromatic N) is 2. The van der Waals surface area contributed by atoms with E-state index in [4.69, 9.17) is 5.10 Å². The number of carbonyl (C=O) groups is 2. The Morgan fingerprint density at radius 3 is 1.97 bits per heavy atom. The molecule has 0 radical (unpaired) electrons. The van der Waals surface area contributed by atoms with Gasteiger partial charge >= 0.3 is 0 Å². The summed E-state index contributed by atoms with van der Waals surface area (Å²) in [7, 11) is 0. The lowest BCUT2D eigenvalue weighted by atomic mass is 9.76. The Bertz CT molecular complexity index is 1410. The fourth-order valence-electron chi connectivity index (χ4n) is 4.95. The van der Waals surface area contributed by atoms with Crippen LogP contribution in [0.3, 0.4) is 0 Å². The van der Waals surface area contributed by atoms with Crippen LogP contribution in [0, 0.1) is 0 Å². The third kappa shape index (κ3) is 2.94.